The van der Waals surface area contributed by atoms with E-state index in [9.17, 15) is 33.7 Å². The summed E-state index contributed by atoms with van der Waals surface area (Å²) in [4.78, 5) is 45.0. The maximum absolute atomic E-state index is 12.0. The van der Waals surface area contributed by atoms with E-state index in [2.05, 4.69) is 23.1 Å². The number of nitrogens with zero attached hydrogens (tertiary/aromatic N) is 3. The SMILES string of the molecule is Nc1ncnc2c1c(-c1cccs1)cn2[C@@H]1O[C@H](COP(=O)(O)OP(=O)(O)OP(=O)(O)O)[C@@H](O)[C@H]1O. The van der Waals surface area contributed by atoms with Gasteiger partial charge in [-0.15, -0.1) is 11.3 Å². The summed E-state index contributed by atoms with van der Waals surface area (Å²) < 4.78 is 52.9. The number of ether oxygens (including phenoxy) is 1. The molecule has 0 bridgehead atoms. The van der Waals surface area contributed by atoms with E-state index in [1.165, 1.54) is 22.2 Å². The first-order valence-corrected chi connectivity index (χ1v) is 15.0. The van der Waals surface area contributed by atoms with Crippen LogP contribution in [0.5, 0.6) is 0 Å². The molecule has 6 atom stereocenters. The molecule has 4 heterocycles. The van der Waals surface area contributed by atoms with Gasteiger partial charge in [0.25, 0.3) is 0 Å². The van der Waals surface area contributed by atoms with Crippen molar-refractivity contribution in [3.8, 4) is 10.4 Å². The van der Waals surface area contributed by atoms with E-state index in [1.54, 1.807) is 6.20 Å². The minimum atomic E-state index is -5.72. The fourth-order valence-electron chi connectivity index (χ4n) is 3.49. The van der Waals surface area contributed by atoms with Crippen LogP contribution < -0.4 is 5.73 Å². The van der Waals surface area contributed by atoms with Gasteiger partial charge in [-0.25, -0.2) is 23.7 Å². The number of phosphoric acid groups is 3. The Morgan fingerprint density at radius 1 is 1.08 bits per heavy atom. The van der Waals surface area contributed by atoms with Gasteiger partial charge in [-0.1, -0.05) is 6.07 Å². The lowest BCUT2D eigenvalue weighted by atomic mass is 10.1. The van der Waals surface area contributed by atoms with Gasteiger partial charge in [-0.05, 0) is 11.4 Å². The third-order valence-corrected chi connectivity index (χ3v) is 9.56. The molecule has 3 aromatic heterocycles. The zero-order chi connectivity index (χ0) is 26.5. The largest absolute Gasteiger partial charge is 0.490 e. The summed E-state index contributed by atoms with van der Waals surface area (Å²) in [5.41, 5.74) is 6.93. The van der Waals surface area contributed by atoms with Gasteiger partial charge < -0.3 is 44.8 Å². The van der Waals surface area contributed by atoms with Crippen LogP contribution in [0.4, 0.5) is 5.82 Å². The van der Waals surface area contributed by atoms with Gasteiger partial charge in [-0.3, -0.25) is 4.52 Å². The second-order valence-corrected chi connectivity index (χ2v) is 12.7. The number of hydrogen-bond acceptors (Lipinski definition) is 13. The molecule has 17 nitrogen and oxygen atoms in total. The van der Waals surface area contributed by atoms with E-state index in [1.807, 2.05) is 17.5 Å². The minimum absolute atomic E-state index is 0.152. The van der Waals surface area contributed by atoms with Gasteiger partial charge in [0, 0.05) is 16.6 Å². The molecule has 2 unspecified atom stereocenters. The van der Waals surface area contributed by atoms with E-state index in [0.717, 1.165) is 4.88 Å². The van der Waals surface area contributed by atoms with Crippen LogP contribution in [0.15, 0.2) is 30.0 Å². The summed E-state index contributed by atoms with van der Waals surface area (Å²) in [7, 11) is -16.7. The van der Waals surface area contributed by atoms with Crippen molar-refractivity contribution in [2.24, 2.45) is 0 Å². The monoisotopic (exact) mass is 588 g/mol. The van der Waals surface area contributed by atoms with E-state index in [4.69, 9.17) is 20.3 Å². The average molecular weight is 588 g/mol. The number of phosphoric ester groups is 1. The number of nitrogen functional groups attached to an aromatic ring is 1. The Bertz CT molecular complexity index is 1390. The van der Waals surface area contributed by atoms with Crippen LogP contribution in [0.2, 0.25) is 0 Å². The average Bonchev–Trinajstić information content (AvgIpc) is 3.44. The van der Waals surface area contributed by atoms with Crippen LogP contribution in [0.1, 0.15) is 6.23 Å². The molecule has 0 amide bonds. The van der Waals surface area contributed by atoms with Gasteiger partial charge in [0.05, 0.1) is 12.0 Å². The number of fused-ring (bicyclic) bond motifs is 1. The maximum atomic E-state index is 12.0. The van der Waals surface area contributed by atoms with Crippen LogP contribution in [0, 0.1) is 0 Å². The van der Waals surface area contributed by atoms with Crippen molar-refractivity contribution in [1.29, 1.82) is 0 Å². The first kappa shape index (κ1) is 27.4. The summed E-state index contributed by atoms with van der Waals surface area (Å²) in [5, 5.41) is 23.3. The fourth-order valence-corrected chi connectivity index (χ4v) is 7.26. The molecule has 36 heavy (non-hydrogen) atoms. The first-order valence-electron chi connectivity index (χ1n) is 9.62. The highest BCUT2D eigenvalue weighted by Crippen LogP contribution is 2.66. The molecule has 4 rings (SSSR count). The molecule has 8 N–H and O–H groups in total. The van der Waals surface area contributed by atoms with Crippen molar-refractivity contribution in [2.75, 3.05) is 12.3 Å². The standard InChI is InChI=1S/C15H19N4O13P3S/c16-13-10-7(9-2-1-3-36-9)4-19(14(10)18-6-17-13)15-12(21)11(20)8(30-15)5-29-34(25,26)32-35(27,28)31-33(22,23)24/h1-4,6,8,11-12,15,20-21H,5H2,(H,25,26)(H,27,28)(H2,16,17,18)(H2,22,23,24)/t8-,11-,12-,15-/m1/s1. The summed E-state index contributed by atoms with van der Waals surface area (Å²) >= 11 is 1.40. The van der Waals surface area contributed by atoms with E-state index in [0.29, 0.717) is 10.9 Å². The Morgan fingerprint density at radius 2 is 1.81 bits per heavy atom. The highest BCUT2D eigenvalue weighted by atomic mass is 32.1. The molecule has 21 heteroatoms. The molecule has 0 saturated carbocycles. The third kappa shape index (κ3) is 5.93. The smallest absolute Gasteiger partial charge is 0.387 e. The Hall–Kier alpha value is -1.59. The molecule has 1 saturated heterocycles. The van der Waals surface area contributed by atoms with Gasteiger partial charge in [0.15, 0.2) is 6.23 Å². The second-order valence-electron chi connectivity index (χ2n) is 7.32. The van der Waals surface area contributed by atoms with Crippen molar-refractivity contribution in [1.82, 2.24) is 14.5 Å². The van der Waals surface area contributed by atoms with Crippen LogP contribution >= 0.6 is 34.8 Å². The number of nitrogens with two attached hydrogens (primary N) is 1. The lowest BCUT2D eigenvalue weighted by Crippen LogP contribution is -2.33. The fraction of sp³-hybridized carbons (Fsp3) is 0.333. The minimum Gasteiger partial charge on any atom is -0.387 e. The number of rotatable bonds is 9. The van der Waals surface area contributed by atoms with Crippen molar-refractivity contribution in [2.45, 2.75) is 24.5 Å². The van der Waals surface area contributed by atoms with Crippen molar-refractivity contribution >= 4 is 51.7 Å². The molecule has 0 aliphatic carbocycles. The van der Waals surface area contributed by atoms with Gasteiger partial charge in [0.2, 0.25) is 0 Å². The quantitative estimate of drug-likeness (QED) is 0.170. The molecule has 3 aromatic rings. The number of thiophene rings is 1. The second kappa shape index (κ2) is 9.94. The molecular weight excluding hydrogens is 569 g/mol. The molecule has 198 valence electrons. The number of aromatic nitrogens is 3. The van der Waals surface area contributed by atoms with Crippen LogP contribution in [0.25, 0.3) is 21.5 Å². The molecule has 0 aromatic carbocycles. The summed E-state index contributed by atoms with van der Waals surface area (Å²) in [6.45, 7) is -0.952. The van der Waals surface area contributed by atoms with Gasteiger partial charge in [-0.2, -0.15) is 8.62 Å². The number of hydrogen-bond donors (Lipinski definition) is 7. The predicted octanol–water partition coefficient (Wildman–Crippen LogP) is 0.704. The Balaban J connectivity index is 1.54. The Morgan fingerprint density at radius 3 is 2.44 bits per heavy atom. The lowest BCUT2D eigenvalue weighted by molar-refractivity contribution is -0.0500. The van der Waals surface area contributed by atoms with Gasteiger partial charge >= 0.3 is 23.5 Å². The Labute approximate surface area is 205 Å². The van der Waals surface area contributed by atoms with Crippen molar-refractivity contribution in [3.05, 3.63) is 30.0 Å². The highest BCUT2D eigenvalue weighted by molar-refractivity contribution is 7.66. The van der Waals surface area contributed by atoms with E-state index < -0.39 is 54.6 Å². The van der Waals surface area contributed by atoms with E-state index >= 15 is 0 Å². The predicted molar refractivity (Wildman–Crippen MR) is 121 cm³/mol. The third-order valence-electron chi connectivity index (χ3n) is 4.85. The van der Waals surface area contributed by atoms with E-state index in [-0.39, 0.29) is 11.5 Å². The summed E-state index contributed by atoms with van der Waals surface area (Å²) in [6.07, 6.45) is -3.24. The molecule has 0 radical (unpaired) electrons. The van der Waals surface area contributed by atoms with Crippen LogP contribution in [-0.4, -0.2) is 69.2 Å². The molecule has 1 aliphatic rings. The number of aliphatic hydroxyl groups excluding tert-OH is 2. The highest BCUT2D eigenvalue weighted by Gasteiger charge is 2.47. The zero-order valence-electron chi connectivity index (χ0n) is 17.6. The Kier molecular flexibility index (Phi) is 7.58. The lowest BCUT2D eigenvalue weighted by Gasteiger charge is -2.19. The van der Waals surface area contributed by atoms with Crippen LogP contribution in [-0.2, 0) is 31.6 Å². The van der Waals surface area contributed by atoms with Crippen molar-refractivity contribution in [3.63, 3.8) is 0 Å². The molecule has 0 spiro atoms. The summed E-state index contributed by atoms with van der Waals surface area (Å²) in [6, 6.07) is 3.63. The number of aliphatic hydroxyl groups is 2. The summed E-state index contributed by atoms with van der Waals surface area (Å²) in [5.74, 6) is 0.152. The molecule has 1 fully saturated rings. The zero-order valence-corrected chi connectivity index (χ0v) is 21.1. The first-order chi connectivity index (χ1) is 16.7. The maximum Gasteiger partial charge on any atom is 0.490 e. The number of anilines is 1. The normalized spacial score (nSPS) is 26.2. The molecule has 1 aliphatic heterocycles. The van der Waals surface area contributed by atoms with Crippen LogP contribution in [0.3, 0.4) is 0 Å². The van der Waals surface area contributed by atoms with Crippen molar-refractivity contribution < 1.29 is 61.4 Å². The topological polar surface area (TPSA) is 266 Å². The van der Waals surface area contributed by atoms with Gasteiger partial charge in [0.1, 0.15) is 36.1 Å². The molecular formula is C15H19N4O13P3S.